The van der Waals surface area contributed by atoms with Gasteiger partial charge in [-0.05, 0) is 49.2 Å². The van der Waals surface area contributed by atoms with Crippen molar-refractivity contribution in [2.24, 2.45) is 11.7 Å². The van der Waals surface area contributed by atoms with E-state index in [0.717, 1.165) is 37.1 Å². The summed E-state index contributed by atoms with van der Waals surface area (Å²) in [6.45, 7) is 1.87. The molecule has 2 heterocycles. The SMILES string of the molecule is COc1cccc(N2CCN(S(=O)(=O)c3ccc(Nc4nn([C@@H]5CCCC[C@@H]5C#N)cc4C(N)=O)cc3)CC2)c1. The molecule has 1 amide bonds. The van der Waals surface area contributed by atoms with Crippen LogP contribution in [0.1, 0.15) is 42.1 Å². The van der Waals surface area contributed by atoms with Crippen LogP contribution in [-0.4, -0.2) is 61.7 Å². The Kier molecular flexibility index (Phi) is 7.95. The Morgan fingerprint density at radius 1 is 1.10 bits per heavy atom. The van der Waals surface area contributed by atoms with Crippen molar-refractivity contribution in [2.75, 3.05) is 43.5 Å². The van der Waals surface area contributed by atoms with E-state index < -0.39 is 15.9 Å². The van der Waals surface area contributed by atoms with Crippen molar-refractivity contribution in [3.63, 3.8) is 0 Å². The van der Waals surface area contributed by atoms with Gasteiger partial charge in [-0.1, -0.05) is 18.9 Å². The number of hydrogen-bond acceptors (Lipinski definition) is 8. The minimum atomic E-state index is -3.68. The first kappa shape index (κ1) is 27.5. The number of primary amides is 1. The molecule has 210 valence electrons. The third kappa shape index (κ3) is 5.61. The van der Waals surface area contributed by atoms with E-state index in [9.17, 15) is 18.5 Å². The molecule has 1 saturated heterocycles. The van der Waals surface area contributed by atoms with Crippen LogP contribution in [0.3, 0.4) is 0 Å². The van der Waals surface area contributed by atoms with Gasteiger partial charge in [0.1, 0.15) is 11.3 Å². The van der Waals surface area contributed by atoms with E-state index in [4.69, 9.17) is 10.5 Å². The number of aromatic nitrogens is 2. The largest absolute Gasteiger partial charge is 0.497 e. The standard InChI is InChI=1S/C28H33N7O4S/c1-39-23-7-4-6-22(17-23)33-13-15-34(16-14-33)40(37,38)24-11-9-21(10-12-24)31-28-25(27(30)36)19-35(32-28)26-8-3-2-5-20(26)18-29/h4,6-7,9-12,17,19-20,26H,2-3,5,8,13-16H2,1H3,(H2,30,36)(H,31,32)/t20-,26-/m1/s1. The summed E-state index contributed by atoms with van der Waals surface area (Å²) in [5.74, 6) is 0.227. The van der Waals surface area contributed by atoms with Gasteiger partial charge in [-0.2, -0.15) is 14.7 Å². The summed E-state index contributed by atoms with van der Waals surface area (Å²) in [7, 11) is -2.06. The number of benzene rings is 2. The summed E-state index contributed by atoms with van der Waals surface area (Å²) in [6, 6.07) is 16.3. The van der Waals surface area contributed by atoms with Gasteiger partial charge in [0.25, 0.3) is 5.91 Å². The third-order valence-corrected chi connectivity index (χ3v) is 9.56. The molecule has 1 aromatic heterocycles. The lowest BCUT2D eigenvalue weighted by Gasteiger charge is -2.35. The van der Waals surface area contributed by atoms with Crippen molar-refractivity contribution in [1.82, 2.24) is 14.1 Å². The maximum atomic E-state index is 13.3. The molecule has 0 bridgehead atoms. The monoisotopic (exact) mass is 563 g/mol. The first-order valence-corrected chi connectivity index (χ1v) is 14.8. The van der Waals surface area contributed by atoms with Gasteiger partial charge in [-0.15, -0.1) is 0 Å². The van der Waals surface area contributed by atoms with Crippen LogP contribution in [0.15, 0.2) is 59.6 Å². The van der Waals surface area contributed by atoms with E-state index in [1.807, 2.05) is 24.3 Å². The zero-order valence-electron chi connectivity index (χ0n) is 22.4. The molecule has 2 atom stereocenters. The zero-order valence-corrected chi connectivity index (χ0v) is 23.2. The second kappa shape index (κ2) is 11.6. The Morgan fingerprint density at radius 2 is 1.82 bits per heavy atom. The lowest BCUT2D eigenvalue weighted by molar-refractivity contribution is 0.100. The molecule has 12 heteroatoms. The van der Waals surface area contributed by atoms with Crippen LogP contribution < -0.4 is 20.7 Å². The molecule has 0 spiro atoms. The van der Waals surface area contributed by atoms with Gasteiger partial charge in [0.05, 0.1) is 30.0 Å². The molecule has 3 aromatic rings. The maximum Gasteiger partial charge on any atom is 0.254 e. The number of carbonyl (C=O) groups excluding carboxylic acids is 1. The van der Waals surface area contributed by atoms with Gasteiger partial charge in [-0.25, -0.2) is 8.42 Å². The number of piperazine rings is 1. The predicted octanol–water partition coefficient (Wildman–Crippen LogP) is 3.50. The maximum absolute atomic E-state index is 13.3. The van der Waals surface area contributed by atoms with Gasteiger partial charge >= 0.3 is 0 Å². The summed E-state index contributed by atoms with van der Waals surface area (Å²) in [4.78, 5) is 14.5. The molecule has 3 N–H and O–H groups in total. The lowest BCUT2D eigenvalue weighted by Crippen LogP contribution is -2.48. The average Bonchev–Trinajstić information content (AvgIpc) is 3.41. The molecule has 2 aromatic carbocycles. The number of ether oxygens (including phenoxy) is 1. The molecule has 0 radical (unpaired) electrons. The average molecular weight is 564 g/mol. The molecule has 5 rings (SSSR count). The fourth-order valence-electron chi connectivity index (χ4n) is 5.40. The summed E-state index contributed by atoms with van der Waals surface area (Å²) < 4.78 is 35.2. The van der Waals surface area contributed by atoms with Crippen LogP contribution in [-0.2, 0) is 10.0 Å². The third-order valence-electron chi connectivity index (χ3n) is 7.64. The Morgan fingerprint density at radius 3 is 2.50 bits per heavy atom. The second-order valence-corrected chi connectivity index (χ2v) is 12.0. The molecule has 1 aliphatic carbocycles. The number of nitrogens with two attached hydrogens (primary N) is 1. The number of nitrogens with zero attached hydrogens (tertiary/aromatic N) is 5. The highest BCUT2D eigenvalue weighted by molar-refractivity contribution is 7.89. The Labute approximate surface area is 234 Å². The molecule has 0 unspecified atom stereocenters. The van der Waals surface area contributed by atoms with E-state index in [0.29, 0.717) is 31.9 Å². The molecule has 2 fully saturated rings. The Balaban J connectivity index is 1.27. The van der Waals surface area contributed by atoms with Crippen LogP contribution in [0.2, 0.25) is 0 Å². The van der Waals surface area contributed by atoms with Crippen molar-refractivity contribution in [3.05, 3.63) is 60.3 Å². The minimum absolute atomic E-state index is 0.121. The number of amides is 1. The van der Waals surface area contributed by atoms with Crippen LogP contribution in [0.4, 0.5) is 17.2 Å². The predicted molar refractivity (Wildman–Crippen MR) is 151 cm³/mol. The van der Waals surface area contributed by atoms with Gasteiger partial charge in [0, 0.05) is 49.8 Å². The van der Waals surface area contributed by atoms with Crippen LogP contribution in [0.25, 0.3) is 0 Å². The highest BCUT2D eigenvalue weighted by Crippen LogP contribution is 2.34. The summed E-state index contributed by atoms with van der Waals surface area (Å²) in [5, 5.41) is 17.2. The van der Waals surface area contributed by atoms with E-state index in [-0.39, 0.29) is 28.2 Å². The molecular weight excluding hydrogens is 530 g/mol. The van der Waals surface area contributed by atoms with Crippen molar-refractivity contribution < 1.29 is 17.9 Å². The van der Waals surface area contributed by atoms with Crippen LogP contribution in [0, 0.1) is 17.2 Å². The van der Waals surface area contributed by atoms with E-state index in [2.05, 4.69) is 21.4 Å². The number of carbonyl (C=O) groups is 1. The number of nitriles is 1. The first-order valence-electron chi connectivity index (χ1n) is 13.3. The number of rotatable bonds is 8. The van der Waals surface area contributed by atoms with Crippen molar-refractivity contribution >= 4 is 33.1 Å². The van der Waals surface area contributed by atoms with Gasteiger partial charge in [0.15, 0.2) is 5.82 Å². The molecule has 1 saturated carbocycles. The van der Waals surface area contributed by atoms with Gasteiger partial charge < -0.3 is 20.7 Å². The molecule has 1 aliphatic heterocycles. The van der Waals surface area contributed by atoms with Crippen LogP contribution >= 0.6 is 0 Å². The summed E-state index contributed by atoms with van der Waals surface area (Å²) in [5.41, 5.74) is 7.39. The van der Waals surface area contributed by atoms with E-state index in [1.165, 1.54) is 4.31 Å². The van der Waals surface area contributed by atoms with Crippen molar-refractivity contribution in [1.29, 1.82) is 5.26 Å². The fourth-order valence-corrected chi connectivity index (χ4v) is 6.82. The van der Waals surface area contributed by atoms with E-state index >= 15 is 0 Å². The zero-order chi connectivity index (χ0) is 28.3. The highest BCUT2D eigenvalue weighted by atomic mass is 32.2. The van der Waals surface area contributed by atoms with Crippen LogP contribution in [0.5, 0.6) is 5.75 Å². The fraction of sp³-hybridized carbons (Fsp3) is 0.393. The Hall–Kier alpha value is -4.08. The molecule has 2 aliphatic rings. The van der Waals surface area contributed by atoms with E-state index in [1.54, 1.807) is 42.3 Å². The lowest BCUT2D eigenvalue weighted by atomic mass is 9.85. The number of nitrogens with one attached hydrogen (secondary N) is 1. The number of hydrogen-bond donors (Lipinski definition) is 2. The molecular formula is C28H33N7O4S. The van der Waals surface area contributed by atoms with Crippen molar-refractivity contribution in [2.45, 2.75) is 36.6 Å². The molecule has 40 heavy (non-hydrogen) atoms. The van der Waals surface area contributed by atoms with Gasteiger partial charge in [0.2, 0.25) is 10.0 Å². The Bertz CT molecular complexity index is 1510. The smallest absolute Gasteiger partial charge is 0.254 e. The quantitative estimate of drug-likeness (QED) is 0.423. The number of sulfonamides is 1. The number of anilines is 3. The normalized spacial score (nSPS) is 20.1. The number of methoxy groups -OCH3 is 1. The summed E-state index contributed by atoms with van der Waals surface area (Å²) in [6.07, 6.45) is 5.18. The highest BCUT2D eigenvalue weighted by Gasteiger charge is 2.30. The topological polar surface area (TPSA) is 147 Å². The molecule has 11 nitrogen and oxygen atoms in total. The van der Waals surface area contributed by atoms with Crippen molar-refractivity contribution in [3.8, 4) is 11.8 Å². The first-order chi connectivity index (χ1) is 19.3. The van der Waals surface area contributed by atoms with Gasteiger partial charge in [-0.3, -0.25) is 9.48 Å². The second-order valence-electron chi connectivity index (χ2n) is 10.1. The summed E-state index contributed by atoms with van der Waals surface area (Å²) >= 11 is 0. The minimum Gasteiger partial charge on any atom is -0.497 e.